The normalized spacial score (nSPS) is 35.5. The Labute approximate surface area is 212 Å². The zero-order valence-electron chi connectivity index (χ0n) is 22.9. The van der Waals surface area contributed by atoms with E-state index in [2.05, 4.69) is 49.8 Å². The minimum Gasteiger partial charge on any atom is -0.468 e. The van der Waals surface area contributed by atoms with Crippen molar-refractivity contribution in [2.24, 2.45) is 34.0 Å². The number of hydrogen-bond acceptors (Lipinski definition) is 6. The van der Waals surface area contributed by atoms with E-state index < -0.39 is 17.4 Å². The van der Waals surface area contributed by atoms with E-state index in [1.165, 1.54) is 59.2 Å². The summed E-state index contributed by atoms with van der Waals surface area (Å²) >= 11 is 0. The van der Waals surface area contributed by atoms with Crippen molar-refractivity contribution in [3.63, 3.8) is 0 Å². The molecule has 0 spiro atoms. The van der Waals surface area contributed by atoms with E-state index in [9.17, 15) is 9.59 Å². The average Bonchev–Trinajstić information content (AvgIpc) is 3.19. The summed E-state index contributed by atoms with van der Waals surface area (Å²) in [5, 5.41) is 3.84. The summed E-state index contributed by atoms with van der Waals surface area (Å²) < 4.78 is 9.87. The standard InChI is InChI=1S/C29H46N2O4/c1-19-23-24(21-15-17-29(23,5)27(21,2)3)31(18-30-19)22(20-12-9-8-10-13-20)14-11-16-28(4,25(32)34-6)26(33)35-7/h19-24,30H,8-10,12-13,15-18H2,1-7H3/t19?,21-,22-,23-,24-,29+/m1/s1. The molecule has 0 aromatic heterocycles. The van der Waals surface area contributed by atoms with E-state index in [4.69, 9.17) is 9.47 Å². The number of fused-ring (bicyclic) bond motifs is 5. The lowest BCUT2D eigenvalue weighted by molar-refractivity contribution is -0.167. The molecule has 4 rings (SSSR count). The van der Waals surface area contributed by atoms with Gasteiger partial charge in [0.2, 0.25) is 0 Å². The molecule has 1 aliphatic heterocycles. The Morgan fingerprint density at radius 1 is 1.09 bits per heavy atom. The predicted molar refractivity (Wildman–Crippen MR) is 136 cm³/mol. The van der Waals surface area contributed by atoms with Gasteiger partial charge in [-0.3, -0.25) is 14.5 Å². The molecule has 1 unspecified atom stereocenters. The first-order chi connectivity index (χ1) is 16.5. The quantitative estimate of drug-likeness (QED) is 0.354. The van der Waals surface area contributed by atoms with Crippen molar-refractivity contribution in [1.29, 1.82) is 0 Å². The summed E-state index contributed by atoms with van der Waals surface area (Å²) in [5.74, 6) is 7.52. The largest absolute Gasteiger partial charge is 0.468 e. The van der Waals surface area contributed by atoms with Gasteiger partial charge in [-0.15, -0.1) is 0 Å². The molecule has 4 aliphatic rings. The summed E-state index contributed by atoms with van der Waals surface area (Å²) in [5.41, 5.74) is -0.779. The molecule has 0 aromatic rings. The Morgan fingerprint density at radius 2 is 1.71 bits per heavy atom. The molecule has 1 N–H and O–H groups in total. The number of esters is 2. The maximum Gasteiger partial charge on any atom is 0.323 e. The third-order valence-corrected chi connectivity index (χ3v) is 10.8. The highest BCUT2D eigenvalue weighted by atomic mass is 16.5. The number of nitrogens with one attached hydrogen (secondary N) is 1. The molecule has 6 atom stereocenters. The zero-order valence-corrected chi connectivity index (χ0v) is 22.9. The number of nitrogens with zero attached hydrogens (tertiary/aromatic N) is 1. The van der Waals surface area contributed by atoms with Gasteiger partial charge in [0.25, 0.3) is 0 Å². The van der Waals surface area contributed by atoms with E-state index in [1.807, 2.05) is 0 Å². The summed E-state index contributed by atoms with van der Waals surface area (Å²) in [7, 11) is 2.61. The van der Waals surface area contributed by atoms with Gasteiger partial charge in [-0.25, -0.2) is 0 Å². The first kappa shape index (κ1) is 26.5. The van der Waals surface area contributed by atoms with Crippen LogP contribution >= 0.6 is 0 Å². The third-order valence-electron chi connectivity index (χ3n) is 10.8. The summed E-state index contributed by atoms with van der Waals surface area (Å²) in [4.78, 5) is 27.7. The molecular weight excluding hydrogens is 440 g/mol. The van der Waals surface area contributed by atoms with Crippen LogP contribution in [-0.4, -0.2) is 55.9 Å². The number of carbonyl (C=O) groups excluding carboxylic acids is 2. The number of carbonyl (C=O) groups is 2. The van der Waals surface area contributed by atoms with Crippen molar-refractivity contribution in [2.45, 2.75) is 104 Å². The highest BCUT2D eigenvalue weighted by molar-refractivity contribution is 5.99. The van der Waals surface area contributed by atoms with Gasteiger partial charge in [0, 0.05) is 25.2 Å². The highest BCUT2D eigenvalue weighted by Crippen LogP contribution is 2.70. The fourth-order valence-electron chi connectivity index (χ4n) is 8.37. The van der Waals surface area contributed by atoms with Crippen LogP contribution in [-0.2, 0) is 19.1 Å². The van der Waals surface area contributed by atoms with Gasteiger partial charge in [0.05, 0.1) is 20.3 Å². The maximum atomic E-state index is 12.5. The molecule has 0 radical (unpaired) electrons. The molecule has 2 bridgehead atoms. The van der Waals surface area contributed by atoms with E-state index in [0.717, 1.165) is 6.67 Å². The lowest BCUT2D eigenvalue weighted by Crippen LogP contribution is -2.64. The van der Waals surface area contributed by atoms with Crippen molar-refractivity contribution in [3.05, 3.63) is 0 Å². The highest BCUT2D eigenvalue weighted by Gasteiger charge is 2.69. The lowest BCUT2D eigenvalue weighted by Gasteiger charge is -2.53. The molecule has 0 aromatic carbocycles. The summed E-state index contributed by atoms with van der Waals surface area (Å²) in [6.07, 6.45) is 8.90. The summed E-state index contributed by atoms with van der Waals surface area (Å²) in [6, 6.07) is 1.14. The number of rotatable bonds is 5. The van der Waals surface area contributed by atoms with Crippen molar-refractivity contribution in [1.82, 2.24) is 10.2 Å². The Bertz CT molecular complexity index is 867. The Morgan fingerprint density at radius 3 is 2.31 bits per heavy atom. The van der Waals surface area contributed by atoms with Crippen LogP contribution in [0, 0.1) is 45.8 Å². The van der Waals surface area contributed by atoms with Crippen LogP contribution in [0.2, 0.25) is 0 Å². The fourth-order valence-corrected chi connectivity index (χ4v) is 8.37. The topological polar surface area (TPSA) is 67.9 Å². The zero-order chi connectivity index (χ0) is 25.6. The van der Waals surface area contributed by atoms with E-state index in [-0.39, 0.29) is 12.5 Å². The molecule has 3 aliphatic carbocycles. The molecule has 0 amide bonds. The van der Waals surface area contributed by atoms with Gasteiger partial charge in [-0.1, -0.05) is 51.9 Å². The molecule has 35 heavy (non-hydrogen) atoms. The second kappa shape index (κ2) is 9.71. The maximum absolute atomic E-state index is 12.5. The molecule has 1 saturated heterocycles. The molecule has 6 heteroatoms. The Kier molecular flexibility index (Phi) is 7.34. The van der Waals surface area contributed by atoms with Gasteiger partial charge < -0.3 is 14.8 Å². The lowest BCUT2D eigenvalue weighted by atomic mass is 9.64. The Hall–Kier alpha value is -1.58. The van der Waals surface area contributed by atoms with Crippen molar-refractivity contribution in [3.8, 4) is 11.8 Å². The van der Waals surface area contributed by atoms with Crippen molar-refractivity contribution >= 4 is 11.9 Å². The number of methoxy groups -OCH3 is 2. The van der Waals surface area contributed by atoms with Crippen LogP contribution in [0.5, 0.6) is 0 Å². The smallest absolute Gasteiger partial charge is 0.323 e. The van der Waals surface area contributed by atoms with Crippen LogP contribution in [0.4, 0.5) is 0 Å². The molecule has 4 fully saturated rings. The third kappa shape index (κ3) is 4.11. The van der Waals surface area contributed by atoms with Crippen LogP contribution < -0.4 is 5.32 Å². The van der Waals surface area contributed by atoms with Crippen LogP contribution in [0.15, 0.2) is 0 Å². The molecule has 1 heterocycles. The number of hydrogen-bond donors (Lipinski definition) is 1. The monoisotopic (exact) mass is 486 g/mol. The first-order valence-electron chi connectivity index (χ1n) is 13.7. The van der Waals surface area contributed by atoms with Gasteiger partial charge in [0.15, 0.2) is 5.41 Å². The van der Waals surface area contributed by atoms with Crippen LogP contribution in [0.1, 0.15) is 86.0 Å². The molecule has 6 nitrogen and oxygen atoms in total. The minimum absolute atomic E-state index is 0.105. The molecule has 3 saturated carbocycles. The van der Waals surface area contributed by atoms with E-state index in [0.29, 0.717) is 40.7 Å². The second-order valence-corrected chi connectivity index (χ2v) is 12.6. The van der Waals surface area contributed by atoms with Crippen LogP contribution in [0.25, 0.3) is 0 Å². The SMILES string of the molecule is COC(=O)C(C)(CC#C[C@H](C1CCCCC1)N1CNC(C)[C@@H]2[C@H]1[C@H]1CC[C@]2(C)C1(C)C)C(=O)OC. The van der Waals surface area contributed by atoms with Crippen molar-refractivity contribution in [2.75, 3.05) is 20.9 Å². The van der Waals surface area contributed by atoms with Gasteiger partial charge >= 0.3 is 11.9 Å². The van der Waals surface area contributed by atoms with E-state index in [1.54, 1.807) is 6.92 Å². The first-order valence-corrected chi connectivity index (χ1v) is 13.7. The van der Waals surface area contributed by atoms with Gasteiger partial charge in [-0.2, -0.15) is 0 Å². The predicted octanol–water partition coefficient (Wildman–Crippen LogP) is 4.37. The fraction of sp³-hybridized carbons (Fsp3) is 0.862. The van der Waals surface area contributed by atoms with E-state index >= 15 is 0 Å². The van der Waals surface area contributed by atoms with Gasteiger partial charge in [0.1, 0.15) is 0 Å². The number of ether oxygens (including phenoxy) is 2. The van der Waals surface area contributed by atoms with Crippen LogP contribution in [0.3, 0.4) is 0 Å². The molecule has 196 valence electrons. The minimum atomic E-state index is -1.41. The van der Waals surface area contributed by atoms with Gasteiger partial charge in [-0.05, 0) is 68.1 Å². The second-order valence-electron chi connectivity index (χ2n) is 12.6. The Balaban J connectivity index is 1.67. The van der Waals surface area contributed by atoms with Crippen molar-refractivity contribution < 1.29 is 19.1 Å². The average molecular weight is 487 g/mol. The molecular formula is C29H46N2O4. The summed E-state index contributed by atoms with van der Waals surface area (Å²) in [6.45, 7) is 12.3.